The summed E-state index contributed by atoms with van der Waals surface area (Å²) in [4.78, 5) is 40.2. The molecule has 0 radical (unpaired) electrons. The Kier molecular flexibility index (Phi) is 8.10. The molecule has 2 aromatic rings. The second-order valence-electron chi connectivity index (χ2n) is 11.0. The highest BCUT2D eigenvalue weighted by Crippen LogP contribution is 2.33. The molecule has 0 atom stereocenters. The molecule has 0 spiro atoms. The molecular weight excluding hydrogens is 519 g/mol. The third kappa shape index (κ3) is 6.81. The lowest BCUT2D eigenvalue weighted by atomic mass is 9.90. The maximum atomic E-state index is 12.8. The number of amides is 2. The number of benzene rings is 1. The molecule has 1 aromatic heterocycles. The SMILES string of the molecule is COC(=O)c1cc2nn([C@H]3CC[C@H](N4CCN(C(=O)OC(C)(C)C)CC4)CC3)cc2cc1NC(=O)C(F)(F)F. The summed E-state index contributed by atoms with van der Waals surface area (Å²) in [5.41, 5.74) is -0.600. The van der Waals surface area contributed by atoms with Crippen LogP contribution in [0.1, 0.15) is 62.9 Å². The number of nitrogens with zero attached hydrogens (tertiary/aromatic N) is 4. The summed E-state index contributed by atoms with van der Waals surface area (Å²) in [5, 5.41) is 6.85. The Labute approximate surface area is 224 Å². The highest BCUT2D eigenvalue weighted by atomic mass is 19.4. The molecule has 1 aromatic carbocycles. The molecule has 39 heavy (non-hydrogen) atoms. The number of anilines is 1. The van der Waals surface area contributed by atoms with Crippen molar-refractivity contribution in [3.8, 4) is 0 Å². The van der Waals surface area contributed by atoms with Crippen LogP contribution in [-0.2, 0) is 14.3 Å². The molecule has 13 heteroatoms. The van der Waals surface area contributed by atoms with Gasteiger partial charge in [-0.25, -0.2) is 9.59 Å². The van der Waals surface area contributed by atoms with Crippen molar-refractivity contribution in [2.75, 3.05) is 38.6 Å². The molecule has 1 N–H and O–H groups in total. The van der Waals surface area contributed by atoms with Crippen LogP contribution < -0.4 is 5.32 Å². The number of hydrogen-bond acceptors (Lipinski definition) is 7. The van der Waals surface area contributed by atoms with Crippen molar-refractivity contribution in [2.45, 2.75) is 70.3 Å². The van der Waals surface area contributed by atoms with Crippen LogP contribution in [0.5, 0.6) is 0 Å². The number of nitrogens with one attached hydrogen (secondary N) is 1. The van der Waals surface area contributed by atoms with Crippen molar-refractivity contribution < 1.29 is 37.0 Å². The van der Waals surface area contributed by atoms with Crippen LogP contribution in [0.2, 0.25) is 0 Å². The van der Waals surface area contributed by atoms with E-state index in [2.05, 4.69) is 14.7 Å². The quantitative estimate of drug-likeness (QED) is 0.561. The van der Waals surface area contributed by atoms with E-state index in [9.17, 15) is 27.6 Å². The topological polar surface area (TPSA) is 106 Å². The first-order valence-electron chi connectivity index (χ1n) is 13.0. The third-order valence-electron chi connectivity index (χ3n) is 7.10. The largest absolute Gasteiger partial charge is 0.471 e. The van der Waals surface area contributed by atoms with Crippen LogP contribution in [0, 0.1) is 0 Å². The molecule has 2 aliphatic rings. The van der Waals surface area contributed by atoms with Gasteiger partial charge in [-0.1, -0.05) is 0 Å². The average Bonchev–Trinajstić information content (AvgIpc) is 3.29. The molecule has 214 valence electrons. The first kappa shape index (κ1) is 28.7. The van der Waals surface area contributed by atoms with Crippen LogP contribution in [0.4, 0.5) is 23.7 Å². The Bertz CT molecular complexity index is 1220. The Morgan fingerprint density at radius 3 is 2.15 bits per heavy atom. The number of halogens is 3. The second kappa shape index (κ2) is 11.0. The Balaban J connectivity index is 1.40. The van der Waals surface area contributed by atoms with Gasteiger partial charge in [0.15, 0.2) is 0 Å². The summed E-state index contributed by atoms with van der Waals surface area (Å²) in [7, 11) is 1.11. The summed E-state index contributed by atoms with van der Waals surface area (Å²) < 4.78 is 50.4. The molecule has 0 unspecified atom stereocenters. The van der Waals surface area contributed by atoms with Crippen molar-refractivity contribution in [3.63, 3.8) is 0 Å². The van der Waals surface area contributed by atoms with Crippen LogP contribution in [0.3, 0.4) is 0 Å². The molecule has 2 heterocycles. The van der Waals surface area contributed by atoms with E-state index >= 15 is 0 Å². The van der Waals surface area contributed by atoms with Gasteiger partial charge in [-0.15, -0.1) is 0 Å². The van der Waals surface area contributed by atoms with Crippen LogP contribution in [0.15, 0.2) is 18.3 Å². The number of hydrogen-bond donors (Lipinski definition) is 1. The zero-order valence-electron chi connectivity index (χ0n) is 22.5. The van der Waals surface area contributed by atoms with Crippen molar-refractivity contribution in [3.05, 3.63) is 23.9 Å². The molecular formula is C26H34F3N5O5. The van der Waals surface area contributed by atoms with Gasteiger partial charge in [0, 0.05) is 43.8 Å². The minimum atomic E-state index is -5.10. The second-order valence-corrected chi connectivity index (χ2v) is 11.0. The van der Waals surface area contributed by atoms with Gasteiger partial charge < -0.3 is 19.7 Å². The molecule has 0 bridgehead atoms. The third-order valence-corrected chi connectivity index (χ3v) is 7.10. The first-order chi connectivity index (χ1) is 18.2. The van der Waals surface area contributed by atoms with Crippen molar-refractivity contribution in [1.82, 2.24) is 19.6 Å². The fraction of sp³-hybridized carbons (Fsp3) is 0.615. The Hall–Kier alpha value is -3.35. The maximum absolute atomic E-state index is 12.8. The minimum absolute atomic E-state index is 0.0893. The molecule has 1 saturated carbocycles. The van der Waals surface area contributed by atoms with Crippen molar-refractivity contribution >= 4 is 34.6 Å². The lowest BCUT2D eigenvalue weighted by Crippen LogP contribution is -2.53. The monoisotopic (exact) mass is 553 g/mol. The smallest absolute Gasteiger partial charge is 0.465 e. The number of alkyl halides is 3. The van der Waals surface area contributed by atoms with Gasteiger partial charge >= 0.3 is 24.1 Å². The summed E-state index contributed by atoms with van der Waals surface area (Å²) in [5.74, 6) is -3.05. The lowest BCUT2D eigenvalue weighted by Gasteiger charge is -2.42. The maximum Gasteiger partial charge on any atom is 0.471 e. The minimum Gasteiger partial charge on any atom is -0.465 e. The lowest BCUT2D eigenvalue weighted by molar-refractivity contribution is -0.167. The van der Waals surface area contributed by atoms with E-state index in [4.69, 9.17) is 4.74 Å². The van der Waals surface area contributed by atoms with Crippen LogP contribution >= 0.6 is 0 Å². The number of fused-ring (bicyclic) bond motifs is 1. The summed E-state index contributed by atoms with van der Waals surface area (Å²) in [6, 6.07) is 3.12. The molecule has 1 saturated heterocycles. The predicted octanol–water partition coefficient (Wildman–Crippen LogP) is 4.36. The summed E-state index contributed by atoms with van der Waals surface area (Å²) in [6.07, 6.45) is -0.0779. The highest BCUT2D eigenvalue weighted by molar-refractivity contribution is 6.06. The molecule has 1 aliphatic heterocycles. The molecule has 10 nitrogen and oxygen atoms in total. The zero-order chi connectivity index (χ0) is 28.5. The highest BCUT2D eigenvalue weighted by Gasteiger charge is 2.39. The molecule has 4 rings (SSSR count). The van der Waals surface area contributed by atoms with Gasteiger partial charge in [-0.3, -0.25) is 14.4 Å². The van der Waals surface area contributed by atoms with E-state index < -0.39 is 23.7 Å². The Morgan fingerprint density at radius 2 is 1.59 bits per heavy atom. The van der Waals surface area contributed by atoms with Gasteiger partial charge in [0.2, 0.25) is 0 Å². The van der Waals surface area contributed by atoms with Gasteiger partial charge in [0.05, 0.1) is 29.9 Å². The number of aromatic nitrogens is 2. The number of carbonyl (C=O) groups excluding carboxylic acids is 3. The predicted molar refractivity (Wildman–Crippen MR) is 136 cm³/mol. The molecule has 1 aliphatic carbocycles. The fourth-order valence-corrected chi connectivity index (χ4v) is 5.14. The number of methoxy groups -OCH3 is 1. The molecule has 2 amide bonds. The fourth-order valence-electron chi connectivity index (χ4n) is 5.14. The number of esters is 1. The van der Waals surface area contributed by atoms with Crippen molar-refractivity contribution in [1.29, 1.82) is 0 Å². The first-order valence-corrected chi connectivity index (χ1v) is 13.0. The van der Waals surface area contributed by atoms with E-state index in [1.54, 1.807) is 21.1 Å². The number of rotatable bonds is 4. The number of carbonyl (C=O) groups is 3. The standard InChI is InChI=1S/C26H34F3N5O5/c1-25(2,3)39-24(37)33-11-9-32(10-12-33)17-5-7-18(8-6-17)34-15-16-13-21(30-23(36)26(27,28)29)19(22(35)38-4)14-20(16)31-34/h13-15,17-18H,5-12H2,1-4H3,(H,30,36)/t17-,18-. The van der Waals surface area contributed by atoms with E-state index in [1.807, 2.05) is 20.8 Å². The summed E-state index contributed by atoms with van der Waals surface area (Å²) in [6.45, 7) is 8.36. The van der Waals surface area contributed by atoms with E-state index in [-0.39, 0.29) is 23.4 Å². The zero-order valence-corrected chi connectivity index (χ0v) is 22.5. The number of ether oxygens (including phenoxy) is 2. The van der Waals surface area contributed by atoms with Gasteiger partial charge in [0.25, 0.3) is 0 Å². The van der Waals surface area contributed by atoms with Crippen LogP contribution in [0.25, 0.3) is 10.9 Å². The van der Waals surface area contributed by atoms with Gasteiger partial charge in [0.1, 0.15) is 5.60 Å². The molecule has 2 fully saturated rings. The normalized spacial score (nSPS) is 21.1. The number of piperazine rings is 1. The van der Waals surface area contributed by atoms with Gasteiger partial charge in [-0.2, -0.15) is 18.3 Å². The van der Waals surface area contributed by atoms with Crippen LogP contribution in [-0.4, -0.2) is 88.7 Å². The van der Waals surface area contributed by atoms with E-state index in [0.29, 0.717) is 30.0 Å². The van der Waals surface area contributed by atoms with E-state index in [0.717, 1.165) is 45.9 Å². The van der Waals surface area contributed by atoms with Crippen molar-refractivity contribution in [2.24, 2.45) is 0 Å². The average molecular weight is 554 g/mol. The van der Waals surface area contributed by atoms with Gasteiger partial charge in [-0.05, 0) is 58.6 Å². The van der Waals surface area contributed by atoms with E-state index in [1.165, 1.54) is 12.1 Å². The Morgan fingerprint density at radius 1 is 0.974 bits per heavy atom. The summed E-state index contributed by atoms with van der Waals surface area (Å²) >= 11 is 0.